The topological polar surface area (TPSA) is 72.1 Å². The van der Waals surface area contributed by atoms with Crippen LogP contribution in [-0.2, 0) is 4.74 Å². The molecule has 0 fully saturated rings. The van der Waals surface area contributed by atoms with Crippen LogP contribution in [0.2, 0.25) is 0 Å². The van der Waals surface area contributed by atoms with E-state index in [2.05, 4.69) is 9.97 Å². The number of nitrogens with zero attached hydrogens (tertiary/aromatic N) is 1. The zero-order chi connectivity index (χ0) is 18.3. The lowest BCUT2D eigenvalue weighted by atomic mass is 10.1. The van der Waals surface area contributed by atoms with Crippen molar-refractivity contribution < 1.29 is 13.9 Å². The number of hydrogen-bond donors (Lipinski definition) is 1. The van der Waals surface area contributed by atoms with Gasteiger partial charge in [0, 0.05) is 17.1 Å². The molecule has 0 aliphatic rings. The van der Waals surface area contributed by atoms with Crippen molar-refractivity contribution >= 4 is 38.4 Å². The molecule has 0 saturated carbocycles. The first kappa shape index (κ1) is 16.4. The molecule has 2 heterocycles. The Hall–Kier alpha value is -3.06. The Morgan fingerprint density at radius 3 is 2.88 bits per heavy atom. The fraction of sp³-hybridized carbons (Fsp3) is 0.105. The number of para-hydroxylation sites is 1. The molecule has 0 saturated heterocycles. The number of aromatic amines is 1. The summed E-state index contributed by atoms with van der Waals surface area (Å²) < 4.78 is 20.5. The van der Waals surface area contributed by atoms with Gasteiger partial charge in [-0.1, -0.05) is 12.1 Å². The fourth-order valence-electron chi connectivity index (χ4n) is 2.75. The van der Waals surface area contributed by atoms with Gasteiger partial charge in [-0.2, -0.15) is 0 Å². The predicted molar refractivity (Wildman–Crippen MR) is 99.1 cm³/mol. The van der Waals surface area contributed by atoms with Crippen molar-refractivity contribution in [1.82, 2.24) is 9.97 Å². The van der Waals surface area contributed by atoms with Crippen LogP contribution in [0.1, 0.15) is 17.3 Å². The van der Waals surface area contributed by atoms with Crippen molar-refractivity contribution in [3.8, 4) is 10.6 Å². The van der Waals surface area contributed by atoms with Gasteiger partial charge in [0.15, 0.2) is 0 Å². The fourth-order valence-corrected chi connectivity index (χ4v) is 3.74. The number of nitrogens with one attached hydrogen (secondary N) is 1. The number of ether oxygens (including phenoxy) is 1. The first-order chi connectivity index (χ1) is 12.6. The standard InChI is InChI=1S/C19H13FN2O3S/c1-2-25-19(24)12-9-21-15-8-10(13(20)7-11(15)17(12)23)18-22-14-5-3-4-6-16(14)26-18/h3-9H,2H2,1H3,(H,21,23). The van der Waals surface area contributed by atoms with Gasteiger partial charge in [-0.05, 0) is 31.2 Å². The highest BCUT2D eigenvalue weighted by Gasteiger charge is 2.17. The average Bonchev–Trinajstić information content (AvgIpc) is 3.06. The van der Waals surface area contributed by atoms with Gasteiger partial charge in [0.05, 0.1) is 22.3 Å². The minimum atomic E-state index is -0.730. The SMILES string of the molecule is CCOC(=O)c1c[nH]c2cc(-c3nc4ccccc4s3)c(F)cc2c1=O. The summed E-state index contributed by atoms with van der Waals surface area (Å²) in [5.41, 5.74) is 0.813. The first-order valence-corrected chi connectivity index (χ1v) is 8.78. The second-order valence-corrected chi connectivity index (χ2v) is 6.65. The van der Waals surface area contributed by atoms with Crippen LogP contribution in [0.15, 0.2) is 47.4 Å². The molecule has 0 aliphatic heterocycles. The molecule has 0 atom stereocenters. The second-order valence-electron chi connectivity index (χ2n) is 5.62. The smallest absolute Gasteiger partial charge is 0.343 e. The molecule has 130 valence electrons. The predicted octanol–water partition coefficient (Wildman–Crippen LogP) is 4.12. The van der Waals surface area contributed by atoms with Gasteiger partial charge in [-0.25, -0.2) is 14.2 Å². The number of esters is 1. The lowest BCUT2D eigenvalue weighted by Crippen LogP contribution is -2.18. The number of H-pyrrole nitrogens is 1. The third kappa shape index (κ3) is 2.66. The van der Waals surface area contributed by atoms with Crippen LogP contribution in [0.3, 0.4) is 0 Å². The van der Waals surface area contributed by atoms with Crippen LogP contribution in [0.5, 0.6) is 0 Å². The number of benzene rings is 2. The number of carbonyl (C=O) groups excluding carboxylic acids is 1. The molecule has 26 heavy (non-hydrogen) atoms. The van der Waals surface area contributed by atoms with Crippen LogP contribution < -0.4 is 5.43 Å². The summed E-state index contributed by atoms with van der Waals surface area (Å²) in [6, 6.07) is 10.2. The van der Waals surface area contributed by atoms with Gasteiger partial charge in [-0.3, -0.25) is 4.79 Å². The van der Waals surface area contributed by atoms with Crippen molar-refractivity contribution in [1.29, 1.82) is 0 Å². The number of thiazole rings is 1. The lowest BCUT2D eigenvalue weighted by molar-refractivity contribution is 0.0524. The molecule has 0 bridgehead atoms. The Morgan fingerprint density at radius 1 is 1.31 bits per heavy atom. The lowest BCUT2D eigenvalue weighted by Gasteiger charge is -2.06. The molecule has 0 spiro atoms. The highest BCUT2D eigenvalue weighted by atomic mass is 32.1. The molecule has 4 rings (SSSR count). The van der Waals surface area contributed by atoms with Crippen LogP contribution >= 0.6 is 11.3 Å². The average molecular weight is 368 g/mol. The van der Waals surface area contributed by atoms with Gasteiger partial charge in [0.25, 0.3) is 0 Å². The Morgan fingerprint density at radius 2 is 2.12 bits per heavy atom. The maximum absolute atomic E-state index is 14.7. The summed E-state index contributed by atoms with van der Waals surface area (Å²) in [7, 11) is 0. The van der Waals surface area contributed by atoms with Gasteiger partial charge >= 0.3 is 5.97 Å². The zero-order valence-electron chi connectivity index (χ0n) is 13.7. The number of pyridine rings is 1. The van der Waals surface area contributed by atoms with Crippen molar-refractivity contribution in [2.75, 3.05) is 6.61 Å². The molecule has 2 aromatic carbocycles. The van der Waals surface area contributed by atoms with E-state index in [1.54, 1.807) is 13.0 Å². The third-order valence-electron chi connectivity index (χ3n) is 3.99. The summed E-state index contributed by atoms with van der Waals surface area (Å²) in [5.74, 6) is -1.30. The second kappa shape index (κ2) is 6.34. The van der Waals surface area contributed by atoms with E-state index in [4.69, 9.17) is 4.74 Å². The maximum atomic E-state index is 14.7. The van der Waals surface area contributed by atoms with Gasteiger partial charge in [0.1, 0.15) is 16.4 Å². The summed E-state index contributed by atoms with van der Waals surface area (Å²) in [4.78, 5) is 31.7. The molecular formula is C19H13FN2O3S. The van der Waals surface area contributed by atoms with Crippen LogP contribution in [0.4, 0.5) is 4.39 Å². The van der Waals surface area contributed by atoms with E-state index in [0.717, 1.165) is 16.3 Å². The number of halogens is 1. The van der Waals surface area contributed by atoms with E-state index in [-0.39, 0.29) is 17.6 Å². The monoisotopic (exact) mass is 368 g/mol. The molecule has 5 nitrogen and oxygen atoms in total. The molecule has 2 aromatic heterocycles. The Labute approximate surface area is 151 Å². The summed E-state index contributed by atoms with van der Waals surface area (Å²) in [6.07, 6.45) is 1.29. The molecule has 1 N–H and O–H groups in total. The van der Waals surface area contributed by atoms with Crippen LogP contribution in [-0.4, -0.2) is 22.5 Å². The van der Waals surface area contributed by atoms with E-state index in [0.29, 0.717) is 16.1 Å². The summed E-state index contributed by atoms with van der Waals surface area (Å²) in [6.45, 7) is 1.80. The number of fused-ring (bicyclic) bond motifs is 2. The van der Waals surface area contributed by atoms with E-state index < -0.39 is 17.2 Å². The number of hydrogen-bond acceptors (Lipinski definition) is 5. The van der Waals surface area contributed by atoms with Crippen molar-refractivity contribution in [2.45, 2.75) is 6.92 Å². The molecular weight excluding hydrogens is 355 g/mol. The maximum Gasteiger partial charge on any atom is 0.343 e. The zero-order valence-corrected chi connectivity index (χ0v) is 14.5. The molecule has 0 amide bonds. The van der Waals surface area contributed by atoms with E-state index in [1.165, 1.54) is 17.5 Å². The Kier molecular flexibility index (Phi) is 4.00. The molecule has 7 heteroatoms. The van der Waals surface area contributed by atoms with Gasteiger partial charge < -0.3 is 9.72 Å². The minimum absolute atomic E-state index is 0.0953. The Balaban J connectivity index is 1.88. The third-order valence-corrected chi connectivity index (χ3v) is 5.06. The molecule has 0 aliphatic carbocycles. The van der Waals surface area contributed by atoms with E-state index in [9.17, 15) is 14.0 Å². The van der Waals surface area contributed by atoms with Gasteiger partial charge in [-0.15, -0.1) is 11.3 Å². The van der Waals surface area contributed by atoms with Crippen molar-refractivity contribution in [2.24, 2.45) is 0 Å². The summed E-state index contributed by atoms with van der Waals surface area (Å²) in [5, 5.41) is 0.624. The highest BCUT2D eigenvalue weighted by molar-refractivity contribution is 7.21. The number of aromatic nitrogens is 2. The minimum Gasteiger partial charge on any atom is -0.462 e. The molecule has 0 radical (unpaired) electrons. The Bertz CT molecular complexity index is 1180. The van der Waals surface area contributed by atoms with Gasteiger partial charge in [0.2, 0.25) is 5.43 Å². The highest BCUT2D eigenvalue weighted by Crippen LogP contribution is 2.33. The largest absolute Gasteiger partial charge is 0.462 e. The molecule has 4 aromatic rings. The number of carbonyl (C=O) groups is 1. The summed E-state index contributed by atoms with van der Waals surface area (Å²) >= 11 is 1.37. The quantitative estimate of drug-likeness (QED) is 0.552. The molecule has 0 unspecified atom stereocenters. The van der Waals surface area contributed by atoms with Crippen LogP contribution in [0, 0.1) is 5.82 Å². The van der Waals surface area contributed by atoms with E-state index >= 15 is 0 Å². The van der Waals surface area contributed by atoms with Crippen molar-refractivity contribution in [3.63, 3.8) is 0 Å². The van der Waals surface area contributed by atoms with E-state index in [1.807, 2.05) is 24.3 Å². The van der Waals surface area contributed by atoms with Crippen molar-refractivity contribution in [3.05, 3.63) is 64.2 Å². The normalized spacial score (nSPS) is 11.2. The van der Waals surface area contributed by atoms with Crippen LogP contribution in [0.25, 0.3) is 31.7 Å². The number of rotatable bonds is 3. The first-order valence-electron chi connectivity index (χ1n) is 7.96.